The van der Waals surface area contributed by atoms with Crippen LogP contribution in [0.2, 0.25) is 0 Å². The molecule has 0 aliphatic heterocycles. The van der Waals surface area contributed by atoms with Gasteiger partial charge in [-0.1, -0.05) is 0 Å². The van der Waals surface area contributed by atoms with E-state index in [-0.39, 0.29) is 0 Å². The highest BCUT2D eigenvalue weighted by molar-refractivity contribution is 6.32. The summed E-state index contributed by atoms with van der Waals surface area (Å²) in [6, 6.07) is 0. The minimum Gasteiger partial charge on any atom is -0.475 e. The Morgan fingerprint density at radius 2 is 1.58 bits per heavy atom. The lowest BCUT2D eigenvalue weighted by atomic mass is 9.96. The molecule has 0 heterocycles. The molecule has 0 bridgehead atoms. The van der Waals surface area contributed by atoms with Crippen LogP contribution in [0.25, 0.3) is 0 Å². The molecule has 112 valence electrons. The van der Waals surface area contributed by atoms with Gasteiger partial charge in [0.05, 0.1) is 12.7 Å². The number of carboxylic acids is 1. The average Bonchev–Trinajstić information content (AvgIpc) is 2.40. The number of methoxy groups -OCH3 is 1. The summed E-state index contributed by atoms with van der Waals surface area (Å²) in [7, 11) is 1.07. The molecule has 9 nitrogen and oxygen atoms in total. The van der Waals surface area contributed by atoms with E-state index >= 15 is 0 Å². The van der Waals surface area contributed by atoms with E-state index in [0.29, 0.717) is 0 Å². The number of aliphatic carboxylic acids is 1. The molecule has 0 rings (SSSR count). The SMILES string of the molecule is CO[C@@H](CC(=O)C(=O)O)[C@@H](O)[C@@H](O)[C@H](O)[C@H](O)CO. The summed E-state index contributed by atoms with van der Waals surface area (Å²) < 4.78 is 4.67. The summed E-state index contributed by atoms with van der Waals surface area (Å²) in [5.41, 5.74) is 0. The maximum atomic E-state index is 11.0. The number of carbonyl (C=O) groups excluding carboxylic acids is 1. The van der Waals surface area contributed by atoms with Crippen LogP contribution in [-0.4, -0.2) is 86.6 Å². The molecule has 0 radical (unpaired) electrons. The van der Waals surface area contributed by atoms with Gasteiger partial charge in [0.15, 0.2) is 0 Å². The largest absolute Gasteiger partial charge is 0.475 e. The monoisotopic (exact) mass is 282 g/mol. The zero-order chi connectivity index (χ0) is 15.2. The molecule has 0 saturated heterocycles. The van der Waals surface area contributed by atoms with Crippen molar-refractivity contribution < 1.29 is 45.0 Å². The topological polar surface area (TPSA) is 165 Å². The highest BCUT2D eigenvalue weighted by Crippen LogP contribution is 2.13. The molecular weight excluding hydrogens is 264 g/mol. The summed E-state index contributed by atoms with van der Waals surface area (Å²) in [6.07, 6.45) is -9.40. The fraction of sp³-hybridized carbons (Fsp3) is 0.800. The highest BCUT2D eigenvalue weighted by atomic mass is 16.5. The fourth-order valence-corrected chi connectivity index (χ4v) is 1.37. The van der Waals surface area contributed by atoms with Gasteiger partial charge in [0.25, 0.3) is 0 Å². The summed E-state index contributed by atoms with van der Waals surface area (Å²) in [5, 5.41) is 54.6. The molecule has 0 amide bonds. The zero-order valence-corrected chi connectivity index (χ0v) is 10.2. The standard InChI is InChI=1S/C10H18O9/c1-19-6(2-4(12)10(17)18)8(15)9(16)7(14)5(13)3-11/h5-9,11,13-16H,2-3H2,1H3,(H,17,18)/t5-,6+,7-,8-,9+/m1/s1. The van der Waals surface area contributed by atoms with Crippen LogP contribution < -0.4 is 0 Å². The van der Waals surface area contributed by atoms with Gasteiger partial charge in [-0.25, -0.2) is 4.79 Å². The van der Waals surface area contributed by atoms with E-state index < -0.39 is 55.3 Å². The van der Waals surface area contributed by atoms with E-state index in [0.717, 1.165) is 7.11 Å². The number of hydrogen-bond acceptors (Lipinski definition) is 8. The first-order chi connectivity index (χ1) is 8.76. The second kappa shape index (κ2) is 8.15. The molecule has 0 aliphatic rings. The lowest BCUT2D eigenvalue weighted by Gasteiger charge is -2.29. The number of ketones is 1. The first kappa shape index (κ1) is 17.9. The van der Waals surface area contributed by atoms with Gasteiger partial charge in [0, 0.05) is 13.5 Å². The van der Waals surface area contributed by atoms with E-state index in [1.807, 2.05) is 0 Å². The summed E-state index contributed by atoms with van der Waals surface area (Å²) in [4.78, 5) is 21.3. The van der Waals surface area contributed by atoms with Gasteiger partial charge in [-0.2, -0.15) is 0 Å². The van der Waals surface area contributed by atoms with E-state index in [2.05, 4.69) is 4.74 Å². The fourth-order valence-electron chi connectivity index (χ4n) is 1.37. The van der Waals surface area contributed by atoms with Crippen molar-refractivity contribution in [3.8, 4) is 0 Å². The van der Waals surface area contributed by atoms with Gasteiger partial charge in [-0.15, -0.1) is 0 Å². The van der Waals surface area contributed by atoms with Crippen LogP contribution in [0.15, 0.2) is 0 Å². The van der Waals surface area contributed by atoms with Gasteiger partial charge in [-0.3, -0.25) is 4.79 Å². The van der Waals surface area contributed by atoms with Crippen LogP contribution in [0.3, 0.4) is 0 Å². The van der Waals surface area contributed by atoms with Crippen molar-refractivity contribution in [3.05, 3.63) is 0 Å². The zero-order valence-electron chi connectivity index (χ0n) is 10.2. The smallest absolute Gasteiger partial charge is 0.372 e. The number of carboxylic acid groups (broad SMARTS) is 1. The first-order valence-electron chi connectivity index (χ1n) is 5.38. The maximum Gasteiger partial charge on any atom is 0.372 e. The van der Waals surface area contributed by atoms with Crippen LogP contribution >= 0.6 is 0 Å². The number of ether oxygens (including phenoxy) is 1. The van der Waals surface area contributed by atoms with Gasteiger partial charge in [0.1, 0.15) is 24.4 Å². The van der Waals surface area contributed by atoms with Gasteiger partial charge < -0.3 is 35.4 Å². The van der Waals surface area contributed by atoms with E-state index in [1.54, 1.807) is 0 Å². The molecule has 0 fully saturated rings. The molecular formula is C10H18O9. The molecule has 0 aliphatic carbocycles. The summed E-state index contributed by atoms with van der Waals surface area (Å²) in [6.45, 7) is -0.851. The van der Waals surface area contributed by atoms with Crippen molar-refractivity contribution in [3.63, 3.8) is 0 Å². The predicted molar refractivity (Wildman–Crippen MR) is 59.2 cm³/mol. The van der Waals surface area contributed by atoms with Gasteiger partial charge in [0.2, 0.25) is 5.78 Å². The van der Waals surface area contributed by atoms with Crippen LogP contribution in [0.1, 0.15) is 6.42 Å². The van der Waals surface area contributed by atoms with Crippen molar-refractivity contribution in [2.75, 3.05) is 13.7 Å². The third kappa shape index (κ3) is 5.19. The molecule has 9 heteroatoms. The normalized spacial score (nSPS) is 19.3. The molecule has 0 unspecified atom stereocenters. The second-order valence-corrected chi connectivity index (χ2v) is 3.93. The third-order valence-electron chi connectivity index (χ3n) is 2.59. The van der Waals surface area contributed by atoms with E-state index in [9.17, 15) is 24.9 Å². The molecule has 0 aromatic heterocycles. The Morgan fingerprint density at radius 3 is 1.95 bits per heavy atom. The number of aliphatic hydroxyl groups excluding tert-OH is 5. The van der Waals surface area contributed by atoms with Gasteiger partial charge in [-0.05, 0) is 0 Å². The molecule has 0 aromatic carbocycles. The molecule has 0 saturated carbocycles. The highest BCUT2D eigenvalue weighted by Gasteiger charge is 2.36. The van der Waals surface area contributed by atoms with E-state index in [4.69, 9.17) is 15.3 Å². The number of aliphatic hydroxyl groups is 5. The number of Topliss-reactive ketones (excluding diaryl/α,β-unsaturated/α-hetero) is 1. The van der Waals surface area contributed by atoms with Crippen LogP contribution in [0.4, 0.5) is 0 Å². The number of carbonyl (C=O) groups is 2. The second-order valence-electron chi connectivity index (χ2n) is 3.93. The van der Waals surface area contributed by atoms with Crippen molar-refractivity contribution in [1.29, 1.82) is 0 Å². The average molecular weight is 282 g/mol. The number of hydrogen-bond donors (Lipinski definition) is 6. The van der Waals surface area contributed by atoms with Crippen LogP contribution in [-0.2, 0) is 14.3 Å². The lowest BCUT2D eigenvalue weighted by molar-refractivity contribution is -0.158. The van der Waals surface area contributed by atoms with E-state index in [1.165, 1.54) is 0 Å². The van der Waals surface area contributed by atoms with Crippen molar-refractivity contribution in [2.24, 2.45) is 0 Å². The Morgan fingerprint density at radius 1 is 1.05 bits per heavy atom. The molecule has 0 spiro atoms. The summed E-state index contributed by atoms with van der Waals surface area (Å²) in [5.74, 6) is -2.96. The van der Waals surface area contributed by atoms with Gasteiger partial charge >= 0.3 is 5.97 Å². The quantitative estimate of drug-likeness (QED) is 0.235. The molecule has 5 atom stereocenters. The maximum absolute atomic E-state index is 11.0. The Kier molecular flexibility index (Phi) is 7.68. The Balaban J connectivity index is 4.69. The lowest BCUT2D eigenvalue weighted by Crippen LogP contribution is -2.51. The Bertz CT molecular complexity index is 305. The van der Waals surface area contributed by atoms with Crippen molar-refractivity contribution in [2.45, 2.75) is 36.9 Å². The molecule has 6 N–H and O–H groups in total. The molecule has 0 aromatic rings. The number of rotatable bonds is 9. The minimum absolute atomic E-state index is 0.716. The predicted octanol–water partition coefficient (Wildman–Crippen LogP) is -3.52. The molecule has 19 heavy (non-hydrogen) atoms. The van der Waals surface area contributed by atoms with Crippen LogP contribution in [0, 0.1) is 0 Å². The Hall–Kier alpha value is -1.10. The van der Waals surface area contributed by atoms with Crippen LogP contribution in [0.5, 0.6) is 0 Å². The minimum atomic E-state index is -1.92. The van der Waals surface area contributed by atoms with Crippen molar-refractivity contribution in [1.82, 2.24) is 0 Å². The third-order valence-corrected chi connectivity index (χ3v) is 2.59. The summed E-state index contributed by atoms with van der Waals surface area (Å²) >= 11 is 0. The first-order valence-corrected chi connectivity index (χ1v) is 5.38. The Labute approximate surface area is 108 Å². The van der Waals surface area contributed by atoms with Crippen molar-refractivity contribution >= 4 is 11.8 Å².